The number of aromatic carboxylic acids is 1. The minimum atomic E-state index is -1.13. The Bertz CT molecular complexity index is 612. The molecule has 0 saturated carbocycles. The zero-order valence-electron chi connectivity index (χ0n) is 9.19. The molecule has 18 heavy (non-hydrogen) atoms. The van der Waals surface area contributed by atoms with Crippen LogP contribution in [-0.2, 0) is 7.05 Å². The zero-order chi connectivity index (χ0) is 13.1. The van der Waals surface area contributed by atoms with E-state index in [4.69, 9.17) is 5.11 Å². The van der Waals surface area contributed by atoms with E-state index in [0.717, 1.165) is 11.8 Å². The van der Waals surface area contributed by atoms with Crippen molar-refractivity contribution in [1.29, 1.82) is 0 Å². The van der Waals surface area contributed by atoms with Crippen LogP contribution in [0.25, 0.3) is 0 Å². The van der Waals surface area contributed by atoms with Gasteiger partial charge in [0.25, 0.3) is 0 Å². The zero-order valence-corrected chi connectivity index (χ0v) is 10.0. The predicted molar refractivity (Wildman–Crippen MR) is 60.5 cm³/mol. The highest BCUT2D eigenvalue weighted by molar-refractivity contribution is 7.99. The fraction of sp³-hybridized carbons (Fsp3) is 0.111. The Labute approximate surface area is 105 Å². The van der Waals surface area contributed by atoms with Gasteiger partial charge in [-0.3, -0.25) is 0 Å². The highest BCUT2D eigenvalue weighted by Gasteiger charge is 2.19. The molecule has 2 aromatic rings. The molecule has 0 saturated heterocycles. The average molecular weight is 266 g/mol. The number of nitroso groups, excluding NO2 is 1. The fourth-order valence-corrected chi connectivity index (χ4v) is 2.11. The normalized spacial score (nSPS) is 10.3. The van der Waals surface area contributed by atoms with Crippen LogP contribution in [0, 0.1) is 4.91 Å². The van der Waals surface area contributed by atoms with Crippen LogP contribution in [0.1, 0.15) is 10.4 Å². The molecule has 2 rings (SSSR count). The molecule has 0 aliphatic heterocycles. The van der Waals surface area contributed by atoms with E-state index in [9.17, 15) is 9.70 Å². The number of nitrogens with zero attached hydrogens (tertiary/aromatic N) is 4. The third-order valence-corrected chi connectivity index (χ3v) is 3.23. The number of carboxylic acids is 1. The standard InChI is InChI=1S/C9H7N5O3S/c1-14-9(10-12-13-14)18-7-3-2-5(11-17)4-6(7)8(15)16/h2-4H,1H3,(H,15,16)/p+1. The first kappa shape index (κ1) is 12.2. The van der Waals surface area contributed by atoms with Crippen molar-refractivity contribution < 1.29 is 14.6 Å². The first-order valence-corrected chi connectivity index (χ1v) is 5.59. The second-order valence-electron chi connectivity index (χ2n) is 3.32. The van der Waals surface area contributed by atoms with Crippen LogP contribution in [0.2, 0.25) is 0 Å². The molecule has 0 spiro atoms. The summed E-state index contributed by atoms with van der Waals surface area (Å²) in [4.78, 5) is 21.9. The number of tetrazole rings is 1. The van der Waals surface area contributed by atoms with Crippen molar-refractivity contribution in [3.05, 3.63) is 28.7 Å². The molecule has 92 valence electrons. The van der Waals surface area contributed by atoms with E-state index in [2.05, 4.69) is 20.7 Å². The summed E-state index contributed by atoms with van der Waals surface area (Å²) < 4.78 is 1.54. The first-order valence-electron chi connectivity index (χ1n) is 4.77. The van der Waals surface area contributed by atoms with Crippen LogP contribution in [0.15, 0.2) is 33.4 Å². The summed E-state index contributed by atoms with van der Waals surface area (Å²) in [6.07, 6.45) is 0. The van der Waals surface area contributed by atoms with Crippen LogP contribution in [0.4, 0.5) is 5.69 Å². The van der Waals surface area contributed by atoms with Gasteiger partial charge in [-0.2, -0.15) is 4.68 Å². The number of hydrogen-bond acceptors (Lipinski definition) is 6. The molecule has 0 amide bonds. The molecule has 0 bridgehead atoms. The van der Waals surface area contributed by atoms with Crippen molar-refractivity contribution >= 4 is 23.4 Å². The maximum absolute atomic E-state index is 11.1. The molecule has 1 aromatic carbocycles. The van der Waals surface area contributed by atoms with Gasteiger partial charge >= 0.3 is 11.1 Å². The predicted octanol–water partition coefficient (Wildman–Crippen LogP) is 0.876. The fourth-order valence-electron chi connectivity index (χ4n) is 1.26. The molecule has 1 heterocycles. The summed E-state index contributed by atoms with van der Waals surface area (Å²) in [6.45, 7) is 0. The lowest BCUT2D eigenvalue weighted by Gasteiger charge is -2.02. The molecule has 0 aliphatic carbocycles. The highest BCUT2D eigenvalue weighted by Crippen LogP contribution is 2.29. The number of nitrogens with one attached hydrogen (secondary N) is 1. The minimum Gasteiger partial charge on any atom is -0.478 e. The van der Waals surface area contributed by atoms with E-state index >= 15 is 0 Å². The molecule has 0 atom stereocenters. The lowest BCUT2D eigenvalue weighted by Crippen LogP contribution is -2.32. The summed E-state index contributed by atoms with van der Waals surface area (Å²) in [5, 5.41) is 22.2. The number of carbonyl (C=O) groups is 1. The SMILES string of the molecule is C[n+]1[nH]nnc1Sc1ccc(N=O)cc1C(=O)O. The lowest BCUT2D eigenvalue weighted by atomic mass is 10.2. The Balaban J connectivity index is 2.41. The van der Waals surface area contributed by atoms with Gasteiger partial charge in [0.05, 0.1) is 12.6 Å². The van der Waals surface area contributed by atoms with Gasteiger partial charge in [-0.25, -0.2) is 4.79 Å². The molecular formula is C9H8N5O3S+. The van der Waals surface area contributed by atoms with Gasteiger partial charge in [0.1, 0.15) is 10.8 Å². The van der Waals surface area contributed by atoms with E-state index in [1.54, 1.807) is 11.7 Å². The van der Waals surface area contributed by atoms with Crippen LogP contribution in [0.5, 0.6) is 0 Å². The van der Waals surface area contributed by atoms with Gasteiger partial charge in [0.2, 0.25) is 0 Å². The van der Waals surface area contributed by atoms with E-state index in [0.29, 0.717) is 10.1 Å². The largest absolute Gasteiger partial charge is 0.478 e. The molecule has 0 fully saturated rings. The first-order chi connectivity index (χ1) is 8.61. The Morgan fingerprint density at radius 3 is 2.89 bits per heavy atom. The smallest absolute Gasteiger partial charge is 0.364 e. The molecule has 1 aromatic heterocycles. The molecule has 2 N–H and O–H groups in total. The Kier molecular flexibility index (Phi) is 3.33. The number of aromatic amines is 1. The van der Waals surface area contributed by atoms with Crippen molar-refractivity contribution in [1.82, 2.24) is 15.5 Å². The van der Waals surface area contributed by atoms with Crippen molar-refractivity contribution in [2.24, 2.45) is 12.2 Å². The molecule has 9 heteroatoms. The van der Waals surface area contributed by atoms with Gasteiger partial charge in [0, 0.05) is 4.90 Å². The number of rotatable bonds is 4. The van der Waals surface area contributed by atoms with E-state index in [1.165, 1.54) is 18.2 Å². The topological polar surface area (TPSA) is 112 Å². The third kappa shape index (κ3) is 2.35. The molecule has 0 aliphatic rings. The number of aromatic nitrogens is 4. The Morgan fingerprint density at radius 2 is 2.33 bits per heavy atom. The van der Waals surface area contributed by atoms with E-state index in [-0.39, 0.29) is 11.3 Å². The average Bonchev–Trinajstić information content (AvgIpc) is 2.75. The molecule has 0 radical (unpaired) electrons. The number of carboxylic acid groups (broad SMARTS) is 1. The van der Waals surface area contributed by atoms with Crippen LogP contribution >= 0.6 is 11.8 Å². The van der Waals surface area contributed by atoms with E-state index < -0.39 is 5.97 Å². The van der Waals surface area contributed by atoms with Gasteiger partial charge in [-0.05, 0) is 35.1 Å². The maximum atomic E-state index is 11.1. The second kappa shape index (κ2) is 4.92. The summed E-state index contributed by atoms with van der Waals surface area (Å²) in [6, 6.07) is 4.18. The van der Waals surface area contributed by atoms with Crippen molar-refractivity contribution in [2.45, 2.75) is 10.1 Å². The lowest BCUT2D eigenvalue weighted by molar-refractivity contribution is -0.765. The summed E-state index contributed by atoms with van der Waals surface area (Å²) >= 11 is 1.13. The van der Waals surface area contributed by atoms with Crippen LogP contribution in [-0.4, -0.2) is 26.6 Å². The third-order valence-electron chi connectivity index (χ3n) is 2.12. The number of hydrogen-bond donors (Lipinski definition) is 2. The van der Waals surface area contributed by atoms with Crippen LogP contribution in [0.3, 0.4) is 0 Å². The maximum Gasteiger partial charge on any atom is 0.364 e. The van der Waals surface area contributed by atoms with E-state index in [1.807, 2.05) is 0 Å². The Morgan fingerprint density at radius 1 is 1.56 bits per heavy atom. The van der Waals surface area contributed by atoms with Gasteiger partial charge in [-0.15, -0.1) is 4.91 Å². The number of aryl methyl sites for hydroxylation is 1. The van der Waals surface area contributed by atoms with Crippen molar-refractivity contribution in [2.75, 3.05) is 0 Å². The Hall–Kier alpha value is -2.29. The summed E-state index contributed by atoms with van der Waals surface area (Å²) in [7, 11) is 1.70. The number of benzene rings is 1. The van der Waals surface area contributed by atoms with Gasteiger partial charge in [0.15, 0.2) is 5.21 Å². The number of H-pyrrole nitrogens is 1. The van der Waals surface area contributed by atoms with Crippen molar-refractivity contribution in [3.63, 3.8) is 0 Å². The molecular weight excluding hydrogens is 258 g/mol. The minimum absolute atomic E-state index is 0.0000926. The molecule has 8 nitrogen and oxygen atoms in total. The van der Waals surface area contributed by atoms with Crippen molar-refractivity contribution in [3.8, 4) is 0 Å². The monoisotopic (exact) mass is 266 g/mol. The molecule has 0 unspecified atom stereocenters. The van der Waals surface area contributed by atoms with Gasteiger partial charge < -0.3 is 5.11 Å². The van der Waals surface area contributed by atoms with Gasteiger partial charge in [-0.1, -0.05) is 5.21 Å². The summed E-state index contributed by atoms with van der Waals surface area (Å²) in [5.41, 5.74) is 0.0707. The summed E-state index contributed by atoms with van der Waals surface area (Å²) in [5.74, 6) is -1.13. The second-order valence-corrected chi connectivity index (χ2v) is 4.33. The highest BCUT2D eigenvalue weighted by atomic mass is 32.2. The van der Waals surface area contributed by atoms with Crippen LogP contribution < -0.4 is 4.68 Å². The quantitative estimate of drug-likeness (QED) is 0.627.